The summed E-state index contributed by atoms with van der Waals surface area (Å²) in [7, 11) is 0. The van der Waals surface area contributed by atoms with Crippen LogP contribution in [0.2, 0.25) is 0 Å². The lowest BCUT2D eigenvalue weighted by molar-refractivity contribution is -0.0220. The summed E-state index contributed by atoms with van der Waals surface area (Å²) in [6.45, 7) is 0. The summed E-state index contributed by atoms with van der Waals surface area (Å²) in [6.07, 6.45) is 5.57. The highest BCUT2D eigenvalue weighted by molar-refractivity contribution is 9.10. The molecule has 1 aromatic heterocycles. The Morgan fingerprint density at radius 3 is 2.65 bits per heavy atom. The molecule has 0 aliphatic heterocycles. The van der Waals surface area contributed by atoms with Gasteiger partial charge in [0.15, 0.2) is 5.60 Å². The fourth-order valence-corrected chi connectivity index (χ4v) is 3.19. The molecule has 102 valence electrons. The average molecular weight is 350 g/mol. The lowest BCUT2D eigenvalue weighted by Crippen LogP contribution is -2.37. The Hall–Kier alpha value is -1.27. The molecule has 1 aliphatic carbocycles. The number of rotatable bonds is 2. The first kappa shape index (κ1) is 13.7. The Labute approximate surface area is 129 Å². The minimum atomic E-state index is -1.45. The average Bonchev–Trinajstić information content (AvgIpc) is 2.93. The molecule has 2 unspecified atom stereocenters. The molecule has 5 heteroatoms. The van der Waals surface area contributed by atoms with E-state index in [1.54, 1.807) is 29.7 Å². The fourth-order valence-electron chi connectivity index (χ4n) is 2.04. The minimum absolute atomic E-state index is 0.466. The molecule has 0 saturated carbocycles. The van der Waals surface area contributed by atoms with Crippen molar-refractivity contribution >= 4 is 27.3 Å². The summed E-state index contributed by atoms with van der Waals surface area (Å²) < 4.78 is 1.01. The quantitative estimate of drug-likeness (QED) is 0.874. The number of thiazole rings is 1. The maximum atomic E-state index is 10.6. The first-order valence-corrected chi connectivity index (χ1v) is 7.75. The standard InChI is InChI=1S/C15H12BrNO2S/c16-11-6-4-10(5-7-11)14-17-12(9-20-14)15(19)8-2-1-3-13(15)18/h1-9,13,18-19H. The van der Waals surface area contributed by atoms with E-state index in [4.69, 9.17) is 0 Å². The van der Waals surface area contributed by atoms with Crippen molar-refractivity contribution in [2.75, 3.05) is 0 Å². The topological polar surface area (TPSA) is 53.4 Å². The first-order chi connectivity index (χ1) is 9.59. The molecule has 0 fully saturated rings. The van der Waals surface area contributed by atoms with E-state index in [1.807, 2.05) is 24.3 Å². The van der Waals surface area contributed by atoms with Gasteiger partial charge in [-0.25, -0.2) is 4.98 Å². The van der Waals surface area contributed by atoms with Crippen molar-refractivity contribution in [1.82, 2.24) is 4.98 Å². The fraction of sp³-hybridized carbons (Fsp3) is 0.133. The van der Waals surface area contributed by atoms with Crippen LogP contribution in [0.15, 0.2) is 58.4 Å². The van der Waals surface area contributed by atoms with Gasteiger partial charge >= 0.3 is 0 Å². The third-order valence-corrected chi connectivity index (χ3v) is 4.63. The number of hydrogen-bond acceptors (Lipinski definition) is 4. The number of aliphatic hydroxyl groups is 2. The molecule has 2 aromatic rings. The molecule has 2 N–H and O–H groups in total. The van der Waals surface area contributed by atoms with Crippen molar-refractivity contribution in [3.8, 4) is 10.6 Å². The molecule has 0 saturated heterocycles. The van der Waals surface area contributed by atoms with Crippen LogP contribution in [-0.4, -0.2) is 21.3 Å². The van der Waals surface area contributed by atoms with Crippen LogP contribution in [0.5, 0.6) is 0 Å². The molecule has 1 aliphatic rings. The van der Waals surface area contributed by atoms with E-state index < -0.39 is 11.7 Å². The number of nitrogens with zero attached hydrogens (tertiary/aromatic N) is 1. The van der Waals surface area contributed by atoms with Gasteiger partial charge in [-0.2, -0.15) is 0 Å². The van der Waals surface area contributed by atoms with E-state index in [1.165, 1.54) is 11.3 Å². The molecule has 1 heterocycles. The van der Waals surface area contributed by atoms with Crippen molar-refractivity contribution < 1.29 is 10.2 Å². The molecule has 1 aromatic carbocycles. The van der Waals surface area contributed by atoms with Crippen molar-refractivity contribution in [1.29, 1.82) is 0 Å². The number of aromatic nitrogens is 1. The molecule has 0 radical (unpaired) electrons. The molecule has 3 nitrogen and oxygen atoms in total. The van der Waals surface area contributed by atoms with E-state index in [9.17, 15) is 10.2 Å². The first-order valence-electron chi connectivity index (χ1n) is 6.08. The van der Waals surface area contributed by atoms with Gasteiger partial charge in [-0.1, -0.05) is 46.3 Å². The Morgan fingerprint density at radius 2 is 1.95 bits per heavy atom. The van der Waals surface area contributed by atoms with Crippen molar-refractivity contribution in [2.24, 2.45) is 0 Å². The van der Waals surface area contributed by atoms with Gasteiger partial charge in [0.25, 0.3) is 0 Å². The SMILES string of the molecule is OC1C=CC=CC1(O)c1csc(-c2ccc(Br)cc2)n1. The van der Waals surface area contributed by atoms with Gasteiger partial charge in [0.05, 0.1) is 5.69 Å². The van der Waals surface area contributed by atoms with Crippen LogP contribution in [0.3, 0.4) is 0 Å². The summed E-state index contributed by atoms with van der Waals surface area (Å²) in [5.41, 5.74) is 0.00479. The Morgan fingerprint density at radius 1 is 1.20 bits per heavy atom. The van der Waals surface area contributed by atoms with Crippen LogP contribution in [0, 0.1) is 0 Å². The van der Waals surface area contributed by atoms with Crippen molar-refractivity contribution in [3.05, 3.63) is 64.1 Å². The largest absolute Gasteiger partial charge is 0.385 e. The van der Waals surface area contributed by atoms with E-state index >= 15 is 0 Å². The highest BCUT2D eigenvalue weighted by atomic mass is 79.9. The van der Waals surface area contributed by atoms with Crippen LogP contribution in [0.4, 0.5) is 0 Å². The number of benzene rings is 1. The van der Waals surface area contributed by atoms with Gasteiger partial charge in [0, 0.05) is 15.4 Å². The Kier molecular flexibility index (Phi) is 3.60. The van der Waals surface area contributed by atoms with Gasteiger partial charge in [0.2, 0.25) is 0 Å². The summed E-state index contributed by atoms with van der Waals surface area (Å²) in [5, 5.41) is 23.1. The van der Waals surface area contributed by atoms with Crippen LogP contribution in [-0.2, 0) is 5.60 Å². The molecule has 3 rings (SSSR count). The van der Waals surface area contributed by atoms with Crippen molar-refractivity contribution in [3.63, 3.8) is 0 Å². The zero-order valence-corrected chi connectivity index (χ0v) is 12.8. The van der Waals surface area contributed by atoms with E-state index in [2.05, 4.69) is 20.9 Å². The second-order valence-corrected chi connectivity index (χ2v) is 6.33. The monoisotopic (exact) mass is 349 g/mol. The Bertz CT molecular complexity index is 677. The predicted octanol–water partition coefficient (Wildman–Crippen LogP) is 3.25. The van der Waals surface area contributed by atoms with Crippen LogP contribution >= 0.6 is 27.3 Å². The second-order valence-electron chi connectivity index (χ2n) is 4.56. The van der Waals surface area contributed by atoms with Gasteiger partial charge in [-0.15, -0.1) is 11.3 Å². The highest BCUT2D eigenvalue weighted by Crippen LogP contribution is 2.34. The van der Waals surface area contributed by atoms with Crippen LogP contribution in [0.1, 0.15) is 5.69 Å². The van der Waals surface area contributed by atoms with Gasteiger partial charge in [-0.3, -0.25) is 0 Å². The third kappa shape index (κ3) is 2.38. The molecular formula is C15H12BrNO2S. The molecule has 20 heavy (non-hydrogen) atoms. The van der Waals surface area contributed by atoms with Gasteiger partial charge < -0.3 is 10.2 Å². The molecule has 0 bridgehead atoms. The van der Waals surface area contributed by atoms with Gasteiger partial charge in [-0.05, 0) is 18.2 Å². The zero-order chi connectivity index (χ0) is 14.2. The minimum Gasteiger partial charge on any atom is -0.385 e. The summed E-state index contributed by atoms with van der Waals surface area (Å²) in [5.74, 6) is 0. The number of halogens is 1. The van der Waals surface area contributed by atoms with E-state index in [-0.39, 0.29) is 0 Å². The van der Waals surface area contributed by atoms with E-state index in [0.717, 1.165) is 15.0 Å². The van der Waals surface area contributed by atoms with Gasteiger partial charge in [0.1, 0.15) is 11.1 Å². The van der Waals surface area contributed by atoms with Crippen molar-refractivity contribution in [2.45, 2.75) is 11.7 Å². The maximum Gasteiger partial charge on any atom is 0.155 e. The lowest BCUT2D eigenvalue weighted by Gasteiger charge is -2.28. The van der Waals surface area contributed by atoms with E-state index in [0.29, 0.717) is 5.69 Å². The summed E-state index contributed by atoms with van der Waals surface area (Å²) >= 11 is 4.84. The van der Waals surface area contributed by atoms with Crippen LogP contribution in [0.25, 0.3) is 10.6 Å². The predicted molar refractivity (Wildman–Crippen MR) is 83.4 cm³/mol. The number of aliphatic hydroxyl groups excluding tert-OH is 1. The smallest absolute Gasteiger partial charge is 0.155 e. The number of allylic oxidation sites excluding steroid dienone is 2. The second kappa shape index (κ2) is 5.26. The third-order valence-electron chi connectivity index (χ3n) is 3.21. The maximum absolute atomic E-state index is 10.6. The number of hydrogen-bond donors (Lipinski definition) is 2. The molecule has 0 amide bonds. The zero-order valence-electron chi connectivity index (χ0n) is 10.4. The Balaban J connectivity index is 1.96. The summed E-state index contributed by atoms with van der Waals surface area (Å²) in [4.78, 5) is 4.46. The normalized spacial score (nSPS) is 25.1. The lowest BCUT2D eigenvalue weighted by atomic mass is 9.90. The summed E-state index contributed by atoms with van der Waals surface area (Å²) in [6, 6.07) is 7.82. The molecular weight excluding hydrogens is 338 g/mol. The highest BCUT2D eigenvalue weighted by Gasteiger charge is 2.37. The van der Waals surface area contributed by atoms with Crippen LogP contribution < -0.4 is 0 Å². The molecule has 2 atom stereocenters. The molecule has 0 spiro atoms.